The Morgan fingerprint density at radius 2 is 1.91 bits per heavy atom. The number of quaternary nitrogens is 1. The summed E-state index contributed by atoms with van der Waals surface area (Å²) in [5.41, 5.74) is 2.59. The fraction of sp³-hybridized carbons (Fsp3) is 0.632. The summed E-state index contributed by atoms with van der Waals surface area (Å²) < 4.78 is 10.9. The number of rotatable bonds is 4. The molecule has 0 aromatic heterocycles. The maximum absolute atomic E-state index is 12.6. The van der Waals surface area contributed by atoms with Crippen LogP contribution in [0.25, 0.3) is 0 Å². The number of hydrogen-bond acceptors (Lipinski definition) is 3. The average molecular weight is 318 g/mol. The topological polar surface area (TPSA) is 40.0 Å². The van der Waals surface area contributed by atoms with Crippen LogP contribution in [0.4, 0.5) is 0 Å². The molecule has 0 radical (unpaired) electrons. The molecular formula is C19H28NO3+. The molecular weight excluding hydrogens is 290 g/mol. The number of ketones is 1. The second kappa shape index (κ2) is 6.52. The van der Waals surface area contributed by atoms with Crippen molar-refractivity contribution in [2.24, 2.45) is 11.8 Å². The molecule has 4 nitrogen and oxygen atoms in total. The molecule has 0 spiro atoms. The largest absolute Gasteiger partial charge is 0.493 e. The van der Waals surface area contributed by atoms with Crippen LogP contribution in [0.3, 0.4) is 0 Å². The number of benzene rings is 1. The van der Waals surface area contributed by atoms with Crippen LogP contribution in [-0.4, -0.2) is 33.1 Å². The zero-order valence-corrected chi connectivity index (χ0v) is 14.6. The molecule has 1 aromatic carbocycles. The number of fused-ring (bicyclic) bond motifs is 3. The molecule has 2 heterocycles. The van der Waals surface area contributed by atoms with Gasteiger partial charge in [-0.05, 0) is 30.0 Å². The van der Waals surface area contributed by atoms with Gasteiger partial charge in [0.05, 0.1) is 39.6 Å². The van der Waals surface area contributed by atoms with Crippen LogP contribution >= 0.6 is 0 Å². The molecule has 3 atom stereocenters. The highest BCUT2D eigenvalue weighted by Crippen LogP contribution is 2.36. The van der Waals surface area contributed by atoms with Crippen LogP contribution in [-0.2, 0) is 11.2 Å². The minimum atomic E-state index is 0.239. The van der Waals surface area contributed by atoms with Crippen LogP contribution < -0.4 is 14.4 Å². The Hall–Kier alpha value is -1.55. The third kappa shape index (κ3) is 3.09. The minimum absolute atomic E-state index is 0.239. The summed E-state index contributed by atoms with van der Waals surface area (Å²) in [7, 11) is 3.34. The predicted molar refractivity (Wildman–Crippen MR) is 89.3 cm³/mol. The fourth-order valence-electron chi connectivity index (χ4n) is 4.25. The lowest BCUT2D eigenvalue weighted by Crippen LogP contribution is -3.15. The first-order valence-corrected chi connectivity index (χ1v) is 8.65. The highest BCUT2D eigenvalue weighted by molar-refractivity contribution is 5.82. The van der Waals surface area contributed by atoms with Crippen molar-refractivity contribution in [1.82, 2.24) is 0 Å². The zero-order chi connectivity index (χ0) is 16.6. The van der Waals surface area contributed by atoms with Crippen molar-refractivity contribution in [3.8, 4) is 11.5 Å². The number of carbonyl (C=O) groups is 1. The van der Waals surface area contributed by atoms with Gasteiger partial charge in [0, 0.05) is 12.0 Å². The van der Waals surface area contributed by atoms with Crippen molar-refractivity contribution >= 4 is 5.78 Å². The molecule has 3 rings (SSSR count). The van der Waals surface area contributed by atoms with Gasteiger partial charge in [0.15, 0.2) is 11.5 Å². The lowest BCUT2D eigenvalue weighted by molar-refractivity contribution is -0.938. The van der Waals surface area contributed by atoms with E-state index in [1.54, 1.807) is 19.1 Å². The van der Waals surface area contributed by atoms with Crippen LogP contribution in [0, 0.1) is 11.8 Å². The van der Waals surface area contributed by atoms with Crippen LogP contribution in [0.2, 0.25) is 0 Å². The lowest BCUT2D eigenvalue weighted by atomic mass is 9.80. The first-order valence-electron chi connectivity index (χ1n) is 8.65. The number of hydrogen-bond donors (Lipinski definition) is 1. The number of nitrogens with one attached hydrogen (secondary N) is 1. The van der Waals surface area contributed by atoms with Gasteiger partial charge in [0.1, 0.15) is 11.8 Å². The number of carbonyl (C=O) groups excluding carboxylic acids is 1. The van der Waals surface area contributed by atoms with Gasteiger partial charge in [-0.15, -0.1) is 0 Å². The Morgan fingerprint density at radius 3 is 2.57 bits per heavy atom. The lowest BCUT2D eigenvalue weighted by Gasteiger charge is -2.40. The van der Waals surface area contributed by atoms with Gasteiger partial charge < -0.3 is 14.4 Å². The Balaban J connectivity index is 1.89. The standard InChI is InChI=1S/C19H27NO3/c1-12(2)7-14-11-20-6-5-13-8-18(22-3)19(23-4)9-15(13)16(20)10-17(14)21/h8-9,12,14,16H,5-7,10-11H2,1-4H3/p+1/t14-,16+/m0/s1. The number of Topliss-reactive ketones (excluding diaryl/α,β-unsaturated/α-hetero) is 1. The molecule has 1 saturated heterocycles. The van der Waals surface area contributed by atoms with E-state index in [4.69, 9.17) is 9.47 Å². The molecule has 2 aliphatic heterocycles. The molecule has 0 amide bonds. The molecule has 1 unspecified atom stereocenters. The SMILES string of the molecule is COc1cc2c(cc1OC)[C@H]1CC(=O)[C@@H](CC(C)C)C[NH+]1CC2. The van der Waals surface area contributed by atoms with Crippen molar-refractivity contribution in [2.75, 3.05) is 27.3 Å². The van der Waals surface area contributed by atoms with E-state index in [2.05, 4.69) is 26.0 Å². The number of piperidine rings is 1. The monoisotopic (exact) mass is 318 g/mol. The van der Waals surface area contributed by atoms with Crippen molar-refractivity contribution in [1.29, 1.82) is 0 Å². The second-order valence-corrected chi connectivity index (χ2v) is 7.32. The molecule has 2 aliphatic rings. The second-order valence-electron chi connectivity index (χ2n) is 7.32. The molecule has 126 valence electrons. The van der Waals surface area contributed by atoms with Crippen molar-refractivity contribution < 1.29 is 19.2 Å². The summed E-state index contributed by atoms with van der Waals surface area (Å²) in [5.74, 6) is 2.82. The number of ether oxygens (including phenoxy) is 2. The van der Waals surface area contributed by atoms with Crippen molar-refractivity contribution in [2.45, 2.75) is 39.2 Å². The highest BCUT2D eigenvalue weighted by atomic mass is 16.5. The van der Waals surface area contributed by atoms with E-state index in [0.717, 1.165) is 37.4 Å². The summed E-state index contributed by atoms with van der Waals surface area (Å²) in [5, 5.41) is 0. The van der Waals surface area contributed by atoms with Gasteiger partial charge in [-0.1, -0.05) is 13.8 Å². The van der Waals surface area contributed by atoms with Gasteiger partial charge in [-0.25, -0.2) is 0 Å². The summed E-state index contributed by atoms with van der Waals surface area (Å²) in [6.07, 6.45) is 2.73. The molecule has 0 saturated carbocycles. The van der Waals surface area contributed by atoms with Gasteiger partial charge in [-0.3, -0.25) is 4.79 Å². The normalized spacial score (nSPS) is 26.7. The Kier molecular flexibility index (Phi) is 4.62. The first-order chi connectivity index (χ1) is 11.0. The maximum atomic E-state index is 12.6. The van der Waals surface area contributed by atoms with Gasteiger partial charge in [0.2, 0.25) is 0 Å². The molecule has 0 aliphatic carbocycles. The maximum Gasteiger partial charge on any atom is 0.161 e. The zero-order valence-electron chi connectivity index (χ0n) is 14.6. The molecule has 23 heavy (non-hydrogen) atoms. The average Bonchev–Trinajstić information content (AvgIpc) is 2.53. The Labute approximate surface area is 138 Å². The minimum Gasteiger partial charge on any atom is -0.493 e. The van der Waals surface area contributed by atoms with E-state index in [-0.39, 0.29) is 12.0 Å². The Morgan fingerprint density at radius 1 is 1.22 bits per heavy atom. The van der Waals surface area contributed by atoms with E-state index in [1.165, 1.54) is 11.1 Å². The summed E-state index contributed by atoms with van der Waals surface area (Å²) >= 11 is 0. The van der Waals surface area contributed by atoms with Crippen molar-refractivity contribution in [3.63, 3.8) is 0 Å². The number of methoxy groups -OCH3 is 2. The van der Waals surface area contributed by atoms with Gasteiger partial charge in [0.25, 0.3) is 0 Å². The van der Waals surface area contributed by atoms with Crippen LogP contribution in [0.1, 0.15) is 43.9 Å². The van der Waals surface area contributed by atoms with Gasteiger partial charge >= 0.3 is 0 Å². The smallest absolute Gasteiger partial charge is 0.161 e. The van der Waals surface area contributed by atoms with Crippen molar-refractivity contribution in [3.05, 3.63) is 23.3 Å². The van der Waals surface area contributed by atoms with Crippen LogP contribution in [0.15, 0.2) is 12.1 Å². The highest BCUT2D eigenvalue weighted by Gasteiger charge is 2.41. The molecule has 1 N–H and O–H groups in total. The van der Waals surface area contributed by atoms with E-state index in [1.807, 2.05) is 0 Å². The third-order valence-corrected chi connectivity index (χ3v) is 5.35. The molecule has 0 bridgehead atoms. The predicted octanol–water partition coefficient (Wildman–Crippen LogP) is 1.82. The van der Waals surface area contributed by atoms with E-state index in [0.29, 0.717) is 18.1 Å². The third-order valence-electron chi connectivity index (χ3n) is 5.35. The summed E-state index contributed by atoms with van der Waals surface area (Å²) in [6, 6.07) is 4.47. The Bertz CT molecular complexity index is 597. The van der Waals surface area contributed by atoms with Gasteiger partial charge in [-0.2, -0.15) is 0 Å². The quantitative estimate of drug-likeness (QED) is 0.920. The van der Waals surface area contributed by atoms with E-state index < -0.39 is 0 Å². The summed E-state index contributed by atoms with van der Waals surface area (Å²) in [4.78, 5) is 14.2. The summed E-state index contributed by atoms with van der Waals surface area (Å²) in [6.45, 7) is 6.50. The molecule has 1 aromatic rings. The van der Waals surface area contributed by atoms with Crippen LogP contribution in [0.5, 0.6) is 11.5 Å². The van der Waals surface area contributed by atoms with E-state index in [9.17, 15) is 4.79 Å². The van der Waals surface area contributed by atoms with E-state index >= 15 is 0 Å². The first kappa shape index (κ1) is 16.3. The molecule has 1 fully saturated rings. The molecule has 4 heteroatoms. The fourth-order valence-corrected chi connectivity index (χ4v) is 4.25.